The number of Topliss-reactive ketones (excluding diaryl/α,β-unsaturated/α-hetero) is 1. The van der Waals surface area contributed by atoms with Gasteiger partial charge in [0.1, 0.15) is 0 Å². The van der Waals surface area contributed by atoms with Crippen LogP contribution in [0.15, 0.2) is 78.9 Å². The van der Waals surface area contributed by atoms with Crippen molar-refractivity contribution in [2.75, 3.05) is 0 Å². The number of hydrogen-bond acceptors (Lipinski definition) is 3. The molecule has 0 aliphatic rings. The van der Waals surface area contributed by atoms with Gasteiger partial charge in [-0.2, -0.15) is 0 Å². The summed E-state index contributed by atoms with van der Waals surface area (Å²) in [6.45, 7) is 0. The maximum absolute atomic E-state index is 13.0. The standard InChI is InChI=1S/C21H14ClIO3/c22-17-11-9-15(10-12-17)20(19(24)14-5-2-1-3-6-14)26-21(25)16-7-4-8-18(23)13-16/h1-13,20H/t20-/m0/s1. The van der Waals surface area contributed by atoms with Gasteiger partial charge in [-0.15, -0.1) is 0 Å². The SMILES string of the molecule is O=C(O[C@H](C(=O)c1ccccc1)c1ccc(Cl)cc1)c1cccc(I)c1. The Balaban J connectivity index is 1.94. The van der Waals surface area contributed by atoms with Crippen LogP contribution in [0, 0.1) is 3.57 Å². The van der Waals surface area contributed by atoms with E-state index in [-0.39, 0.29) is 5.78 Å². The van der Waals surface area contributed by atoms with E-state index in [2.05, 4.69) is 22.6 Å². The minimum absolute atomic E-state index is 0.285. The van der Waals surface area contributed by atoms with E-state index in [9.17, 15) is 9.59 Å². The first kappa shape index (κ1) is 18.6. The van der Waals surface area contributed by atoms with Gasteiger partial charge in [0, 0.05) is 19.7 Å². The largest absolute Gasteiger partial charge is 0.445 e. The summed E-state index contributed by atoms with van der Waals surface area (Å²) >= 11 is 8.06. The number of rotatable bonds is 5. The molecule has 0 saturated heterocycles. The quantitative estimate of drug-likeness (QED) is 0.268. The molecule has 0 N–H and O–H groups in total. The predicted molar refractivity (Wildman–Crippen MR) is 110 cm³/mol. The van der Waals surface area contributed by atoms with Crippen molar-refractivity contribution in [1.29, 1.82) is 0 Å². The third-order valence-corrected chi connectivity index (χ3v) is 4.68. The van der Waals surface area contributed by atoms with Crippen molar-refractivity contribution >= 4 is 45.9 Å². The second kappa shape index (κ2) is 8.47. The summed E-state index contributed by atoms with van der Waals surface area (Å²) in [5.41, 5.74) is 1.45. The molecule has 0 heterocycles. The van der Waals surface area contributed by atoms with Gasteiger partial charge in [0.25, 0.3) is 0 Å². The van der Waals surface area contributed by atoms with Crippen molar-refractivity contribution in [3.63, 3.8) is 0 Å². The Kier molecular flexibility index (Phi) is 6.06. The second-order valence-corrected chi connectivity index (χ2v) is 7.26. The lowest BCUT2D eigenvalue weighted by atomic mass is 9.99. The lowest BCUT2D eigenvalue weighted by Crippen LogP contribution is -2.20. The number of hydrogen-bond donors (Lipinski definition) is 0. The third kappa shape index (κ3) is 4.51. The molecule has 0 fully saturated rings. The molecule has 3 nitrogen and oxygen atoms in total. The molecule has 0 amide bonds. The number of ketones is 1. The minimum Gasteiger partial charge on any atom is -0.445 e. The summed E-state index contributed by atoms with van der Waals surface area (Å²) in [5, 5.41) is 0.545. The first-order valence-corrected chi connectivity index (χ1v) is 9.31. The van der Waals surface area contributed by atoms with Gasteiger partial charge in [-0.1, -0.05) is 60.1 Å². The first-order valence-electron chi connectivity index (χ1n) is 7.86. The van der Waals surface area contributed by atoms with Gasteiger partial charge in [0.2, 0.25) is 5.78 Å². The number of ether oxygens (including phenoxy) is 1. The fourth-order valence-corrected chi connectivity index (χ4v) is 3.12. The van der Waals surface area contributed by atoms with E-state index in [0.29, 0.717) is 21.7 Å². The lowest BCUT2D eigenvalue weighted by molar-refractivity contribution is 0.0280. The van der Waals surface area contributed by atoms with Gasteiger partial charge >= 0.3 is 5.97 Å². The number of esters is 1. The zero-order valence-electron chi connectivity index (χ0n) is 13.6. The van der Waals surface area contributed by atoms with Crippen molar-refractivity contribution in [1.82, 2.24) is 0 Å². The Morgan fingerprint density at radius 1 is 0.846 bits per heavy atom. The van der Waals surface area contributed by atoms with Crippen LogP contribution < -0.4 is 0 Å². The molecule has 0 aromatic heterocycles. The molecule has 26 heavy (non-hydrogen) atoms. The van der Waals surface area contributed by atoms with Crippen molar-refractivity contribution in [3.8, 4) is 0 Å². The molecule has 1 atom stereocenters. The van der Waals surface area contributed by atoms with Crippen LogP contribution in [0.5, 0.6) is 0 Å². The average molecular weight is 477 g/mol. The highest BCUT2D eigenvalue weighted by Crippen LogP contribution is 2.25. The van der Waals surface area contributed by atoms with E-state index in [0.717, 1.165) is 3.57 Å². The monoisotopic (exact) mass is 476 g/mol. The van der Waals surface area contributed by atoms with Crippen LogP contribution in [0.1, 0.15) is 32.4 Å². The summed E-state index contributed by atoms with van der Waals surface area (Å²) in [7, 11) is 0. The Hall–Kier alpha value is -2.18. The maximum atomic E-state index is 13.0. The number of carbonyl (C=O) groups excluding carboxylic acids is 2. The molecule has 0 unspecified atom stereocenters. The summed E-state index contributed by atoms with van der Waals surface area (Å²) in [6, 6.07) is 22.5. The summed E-state index contributed by atoms with van der Waals surface area (Å²) < 4.78 is 6.51. The molecular weight excluding hydrogens is 463 g/mol. The fraction of sp³-hybridized carbons (Fsp3) is 0.0476. The van der Waals surface area contributed by atoms with E-state index in [1.54, 1.807) is 66.7 Å². The highest BCUT2D eigenvalue weighted by atomic mass is 127. The van der Waals surface area contributed by atoms with Gasteiger partial charge in [0.15, 0.2) is 6.10 Å². The highest BCUT2D eigenvalue weighted by Gasteiger charge is 2.26. The smallest absolute Gasteiger partial charge is 0.339 e. The topological polar surface area (TPSA) is 43.4 Å². The number of halogens is 2. The molecule has 0 radical (unpaired) electrons. The van der Waals surface area contributed by atoms with Crippen LogP contribution in [-0.2, 0) is 4.74 Å². The summed E-state index contributed by atoms with van der Waals surface area (Å²) in [4.78, 5) is 25.5. The summed E-state index contributed by atoms with van der Waals surface area (Å²) in [5.74, 6) is -0.834. The van der Waals surface area contributed by atoms with E-state index in [4.69, 9.17) is 16.3 Å². The van der Waals surface area contributed by atoms with Crippen LogP contribution in [0.3, 0.4) is 0 Å². The van der Waals surface area contributed by atoms with Gasteiger partial charge in [0.05, 0.1) is 5.56 Å². The maximum Gasteiger partial charge on any atom is 0.339 e. The van der Waals surface area contributed by atoms with Crippen LogP contribution in [-0.4, -0.2) is 11.8 Å². The van der Waals surface area contributed by atoms with Gasteiger partial charge in [-0.05, 0) is 52.9 Å². The van der Waals surface area contributed by atoms with Crippen LogP contribution >= 0.6 is 34.2 Å². The van der Waals surface area contributed by atoms with Crippen LogP contribution in [0.25, 0.3) is 0 Å². The second-order valence-electron chi connectivity index (χ2n) is 5.58. The van der Waals surface area contributed by atoms with Crippen molar-refractivity contribution in [3.05, 3.63) is 104 Å². The number of benzene rings is 3. The van der Waals surface area contributed by atoms with E-state index >= 15 is 0 Å². The normalized spacial score (nSPS) is 11.6. The first-order chi connectivity index (χ1) is 12.5. The van der Waals surface area contributed by atoms with Gasteiger partial charge < -0.3 is 4.74 Å². The highest BCUT2D eigenvalue weighted by molar-refractivity contribution is 14.1. The zero-order chi connectivity index (χ0) is 18.5. The Morgan fingerprint density at radius 2 is 1.50 bits per heavy atom. The Bertz CT molecular complexity index is 924. The molecular formula is C21H14ClIO3. The molecule has 0 spiro atoms. The van der Waals surface area contributed by atoms with E-state index < -0.39 is 12.1 Å². The van der Waals surface area contributed by atoms with Crippen LogP contribution in [0.4, 0.5) is 0 Å². The molecule has 3 rings (SSSR count). The lowest BCUT2D eigenvalue weighted by Gasteiger charge is -2.18. The van der Waals surface area contributed by atoms with Crippen molar-refractivity contribution in [2.45, 2.75) is 6.10 Å². The molecule has 0 aliphatic carbocycles. The molecule has 3 aromatic carbocycles. The van der Waals surface area contributed by atoms with E-state index in [1.165, 1.54) is 0 Å². The number of carbonyl (C=O) groups is 2. The van der Waals surface area contributed by atoms with Gasteiger partial charge in [-0.25, -0.2) is 4.79 Å². The predicted octanol–water partition coefficient (Wildman–Crippen LogP) is 5.73. The minimum atomic E-state index is -1.04. The molecule has 130 valence electrons. The van der Waals surface area contributed by atoms with Gasteiger partial charge in [-0.3, -0.25) is 4.79 Å². The third-order valence-electron chi connectivity index (χ3n) is 3.75. The average Bonchev–Trinajstić information content (AvgIpc) is 2.67. The Labute approximate surface area is 170 Å². The molecule has 5 heteroatoms. The summed E-state index contributed by atoms with van der Waals surface area (Å²) in [6.07, 6.45) is -1.04. The van der Waals surface area contributed by atoms with E-state index in [1.807, 2.05) is 12.1 Å². The van der Waals surface area contributed by atoms with Crippen molar-refractivity contribution in [2.24, 2.45) is 0 Å². The van der Waals surface area contributed by atoms with Crippen LogP contribution in [0.2, 0.25) is 5.02 Å². The van der Waals surface area contributed by atoms with Crippen molar-refractivity contribution < 1.29 is 14.3 Å². The Morgan fingerprint density at radius 3 is 2.15 bits per heavy atom. The molecule has 0 aliphatic heterocycles. The molecule has 3 aromatic rings. The zero-order valence-corrected chi connectivity index (χ0v) is 16.5. The molecule has 0 saturated carbocycles. The molecule has 0 bridgehead atoms. The fourth-order valence-electron chi connectivity index (χ4n) is 2.45.